The van der Waals surface area contributed by atoms with E-state index in [1.807, 2.05) is 30.0 Å². The molecule has 29 heavy (non-hydrogen) atoms. The van der Waals surface area contributed by atoms with Crippen molar-refractivity contribution in [2.24, 2.45) is 0 Å². The molecule has 3 rings (SSSR count). The molecule has 6 heteroatoms. The van der Waals surface area contributed by atoms with Crippen LogP contribution in [0.2, 0.25) is 0 Å². The summed E-state index contributed by atoms with van der Waals surface area (Å²) in [6.45, 7) is 6.30. The van der Waals surface area contributed by atoms with Gasteiger partial charge >= 0.3 is 0 Å². The summed E-state index contributed by atoms with van der Waals surface area (Å²) in [4.78, 5) is 29.6. The molecule has 1 aromatic rings. The number of amides is 2. The maximum atomic E-state index is 13.4. The standard InChI is InChI=1S/C23H35N3O3/c1-2-29-21-12-6-5-10-19(21)18-26-16-9-11-20(26)23(28)25-15-8-4-3-7-14-24-22(27)13-17-25/h5-6,10,12,20H,2-4,7-9,11,13-18H2,1H3,(H,24,27)/t20-/m0/s1. The average molecular weight is 402 g/mol. The lowest BCUT2D eigenvalue weighted by molar-refractivity contribution is -0.136. The van der Waals surface area contributed by atoms with Crippen molar-refractivity contribution in [2.45, 2.75) is 64.5 Å². The van der Waals surface area contributed by atoms with Gasteiger partial charge in [0.05, 0.1) is 12.6 Å². The molecule has 0 bridgehead atoms. The zero-order chi connectivity index (χ0) is 20.5. The third-order valence-corrected chi connectivity index (χ3v) is 5.89. The van der Waals surface area contributed by atoms with Gasteiger partial charge in [-0.15, -0.1) is 0 Å². The predicted octanol–water partition coefficient (Wildman–Crippen LogP) is 2.96. The van der Waals surface area contributed by atoms with Crippen LogP contribution < -0.4 is 10.1 Å². The molecule has 1 N–H and O–H groups in total. The number of carbonyl (C=O) groups is 2. The maximum Gasteiger partial charge on any atom is 0.239 e. The van der Waals surface area contributed by atoms with Gasteiger partial charge in [-0.2, -0.15) is 0 Å². The molecule has 0 radical (unpaired) electrons. The molecule has 1 aromatic carbocycles. The second kappa shape index (κ2) is 11.2. The SMILES string of the molecule is CCOc1ccccc1CN1CCC[C@H]1C(=O)N1CCCCCCNC(=O)CC1. The summed E-state index contributed by atoms with van der Waals surface area (Å²) in [5.41, 5.74) is 1.13. The molecule has 2 aliphatic heterocycles. The van der Waals surface area contributed by atoms with Crippen molar-refractivity contribution < 1.29 is 14.3 Å². The second-order valence-corrected chi connectivity index (χ2v) is 8.01. The smallest absolute Gasteiger partial charge is 0.239 e. The van der Waals surface area contributed by atoms with Crippen LogP contribution in [0.5, 0.6) is 5.75 Å². The number of hydrogen-bond donors (Lipinski definition) is 1. The number of rotatable bonds is 5. The quantitative estimate of drug-likeness (QED) is 0.824. The van der Waals surface area contributed by atoms with Gasteiger partial charge in [0, 0.05) is 38.2 Å². The van der Waals surface area contributed by atoms with Crippen LogP contribution in [-0.4, -0.2) is 60.4 Å². The Bertz CT molecular complexity index is 679. The molecule has 6 nitrogen and oxygen atoms in total. The van der Waals surface area contributed by atoms with E-state index < -0.39 is 0 Å². The van der Waals surface area contributed by atoms with Gasteiger partial charge in [0.25, 0.3) is 0 Å². The lowest BCUT2D eigenvalue weighted by Crippen LogP contribution is -2.46. The first-order valence-corrected chi connectivity index (χ1v) is 11.2. The van der Waals surface area contributed by atoms with Crippen LogP contribution >= 0.6 is 0 Å². The van der Waals surface area contributed by atoms with Crippen LogP contribution in [-0.2, 0) is 16.1 Å². The minimum Gasteiger partial charge on any atom is -0.494 e. The van der Waals surface area contributed by atoms with Gasteiger partial charge in [-0.1, -0.05) is 31.0 Å². The molecular weight excluding hydrogens is 366 g/mol. The molecule has 0 unspecified atom stereocenters. The Morgan fingerprint density at radius 1 is 1.10 bits per heavy atom. The summed E-state index contributed by atoms with van der Waals surface area (Å²) < 4.78 is 5.77. The predicted molar refractivity (Wildman–Crippen MR) is 114 cm³/mol. The number of para-hydroxylation sites is 1. The monoisotopic (exact) mass is 401 g/mol. The van der Waals surface area contributed by atoms with Crippen LogP contribution in [0.3, 0.4) is 0 Å². The Morgan fingerprint density at radius 3 is 2.79 bits per heavy atom. The molecule has 0 aliphatic carbocycles. The molecule has 0 spiro atoms. The average Bonchev–Trinajstić information content (AvgIpc) is 3.16. The summed E-state index contributed by atoms with van der Waals surface area (Å²) >= 11 is 0. The summed E-state index contributed by atoms with van der Waals surface area (Å²) in [6, 6.07) is 8.00. The van der Waals surface area contributed by atoms with E-state index in [4.69, 9.17) is 4.74 Å². The largest absolute Gasteiger partial charge is 0.494 e. The van der Waals surface area contributed by atoms with Gasteiger partial charge in [0.2, 0.25) is 11.8 Å². The van der Waals surface area contributed by atoms with E-state index in [0.29, 0.717) is 19.6 Å². The normalized spacial score (nSPS) is 22.0. The van der Waals surface area contributed by atoms with Gasteiger partial charge in [-0.3, -0.25) is 14.5 Å². The van der Waals surface area contributed by atoms with E-state index in [9.17, 15) is 9.59 Å². The van der Waals surface area contributed by atoms with Crippen LogP contribution in [0, 0.1) is 0 Å². The number of hydrogen-bond acceptors (Lipinski definition) is 4. The maximum absolute atomic E-state index is 13.4. The number of likely N-dealkylation sites (tertiary alicyclic amines) is 1. The van der Waals surface area contributed by atoms with Crippen LogP contribution in [0.15, 0.2) is 24.3 Å². The molecule has 2 heterocycles. The van der Waals surface area contributed by atoms with Crippen molar-refractivity contribution in [3.63, 3.8) is 0 Å². The van der Waals surface area contributed by atoms with Gasteiger partial charge in [0.15, 0.2) is 0 Å². The Hall–Kier alpha value is -2.08. The Labute approximate surface area is 174 Å². The fourth-order valence-electron chi connectivity index (χ4n) is 4.32. The Kier molecular flexibility index (Phi) is 8.35. The molecule has 2 fully saturated rings. The fraction of sp³-hybridized carbons (Fsp3) is 0.652. The zero-order valence-corrected chi connectivity index (χ0v) is 17.7. The molecular formula is C23H35N3O3. The Morgan fingerprint density at radius 2 is 1.93 bits per heavy atom. The molecule has 0 saturated carbocycles. The summed E-state index contributed by atoms with van der Waals surface area (Å²) in [5.74, 6) is 1.14. The van der Waals surface area contributed by atoms with Gasteiger partial charge in [0.1, 0.15) is 5.75 Å². The van der Waals surface area contributed by atoms with Gasteiger partial charge in [-0.05, 0) is 45.2 Å². The lowest BCUT2D eigenvalue weighted by atomic mass is 10.1. The van der Waals surface area contributed by atoms with Crippen LogP contribution in [0.1, 0.15) is 57.4 Å². The number of ether oxygens (including phenoxy) is 1. The Balaban J connectivity index is 1.66. The van der Waals surface area contributed by atoms with E-state index in [1.165, 1.54) is 0 Å². The number of carbonyl (C=O) groups excluding carboxylic acids is 2. The molecule has 2 aliphatic rings. The van der Waals surface area contributed by atoms with Crippen LogP contribution in [0.25, 0.3) is 0 Å². The minimum atomic E-state index is -0.0992. The van der Waals surface area contributed by atoms with Crippen molar-refractivity contribution in [2.75, 3.05) is 32.8 Å². The molecule has 2 amide bonds. The van der Waals surface area contributed by atoms with Crippen molar-refractivity contribution >= 4 is 11.8 Å². The summed E-state index contributed by atoms with van der Waals surface area (Å²) in [7, 11) is 0. The first-order chi connectivity index (χ1) is 14.2. The molecule has 0 aromatic heterocycles. The van der Waals surface area contributed by atoms with Crippen molar-refractivity contribution in [3.05, 3.63) is 29.8 Å². The number of nitrogens with one attached hydrogen (secondary N) is 1. The van der Waals surface area contributed by atoms with Gasteiger partial charge in [-0.25, -0.2) is 0 Å². The van der Waals surface area contributed by atoms with E-state index in [-0.39, 0.29) is 17.9 Å². The third kappa shape index (κ3) is 6.20. The fourth-order valence-corrected chi connectivity index (χ4v) is 4.32. The van der Waals surface area contributed by atoms with Crippen molar-refractivity contribution in [1.29, 1.82) is 0 Å². The van der Waals surface area contributed by atoms with Crippen molar-refractivity contribution in [3.8, 4) is 5.75 Å². The molecule has 2 saturated heterocycles. The number of benzene rings is 1. The highest BCUT2D eigenvalue weighted by Gasteiger charge is 2.34. The first kappa shape index (κ1) is 21.6. The topological polar surface area (TPSA) is 61.9 Å². The lowest BCUT2D eigenvalue weighted by Gasteiger charge is -2.30. The second-order valence-electron chi connectivity index (χ2n) is 8.01. The minimum absolute atomic E-state index is 0.0543. The van der Waals surface area contributed by atoms with E-state index in [1.54, 1.807) is 0 Å². The van der Waals surface area contributed by atoms with Crippen LogP contribution in [0.4, 0.5) is 0 Å². The van der Waals surface area contributed by atoms with E-state index in [0.717, 1.165) is 76.0 Å². The van der Waals surface area contributed by atoms with Crippen molar-refractivity contribution in [1.82, 2.24) is 15.1 Å². The van der Waals surface area contributed by atoms with Gasteiger partial charge < -0.3 is 15.0 Å². The van der Waals surface area contributed by atoms with E-state index in [2.05, 4.69) is 16.3 Å². The highest BCUT2D eigenvalue weighted by molar-refractivity contribution is 5.83. The number of nitrogens with zero attached hydrogens (tertiary/aromatic N) is 2. The van der Waals surface area contributed by atoms with E-state index >= 15 is 0 Å². The zero-order valence-electron chi connectivity index (χ0n) is 17.7. The molecule has 160 valence electrons. The molecule has 1 atom stereocenters. The highest BCUT2D eigenvalue weighted by atomic mass is 16.5. The summed E-state index contributed by atoms with van der Waals surface area (Å²) in [5, 5.41) is 2.97. The summed E-state index contributed by atoms with van der Waals surface area (Å²) in [6.07, 6.45) is 6.56. The third-order valence-electron chi connectivity index (χ3n) is 5.89. The first-order valence-electron chi connectivity index (χ1n) is 11.2. The highest BCUT2D eigenvalue weighted by Crippen LogP contribution is 2.26.